The Balaban J connectivity index is 5.22. The average Bonchev–Trinajstić information content (AvgIpc) is 3.39. The van der Waals surface area contributed by atoms with Crippen LogP contribution < -0.4 is 0 Å². The molecule has 78 heavy (non-hydrogen) atoms. The van der Waals surface area contributed by atoms with E-state index in [0.29, 0.717) is 37.5 Å². The monoisotopic (exact) mass is 1160 g/mol. The molecule has 2 unspecified atom stereocenters. The number of rotatable bonds is 58. The molecule has 0 saturated carbocycles. The quantitative estimate of drug-likeness (QED) is 0.0222. The molecule has 0 aromatic heterocycles. The summed E-state index contributed by atoms with van der Waals surface area (Å²) >= 11 is 0. The average molecular weight is 1160 g/mol. The van der Waals surface area contributed by atoms with Gasteiger partial charge in [-0.3, -0.25) is 37.3 Å². The van der Waals surface area contributed by atoms with Gasteiger partial charge in [0.15, 0.2) is 12.2 Å². The lowest BCUT2D eigenvalue weighted by molar-refractivity contribution is -0.161. The van der Waals surface area contributed by atoms with Crippen LogP contribution in [0.2, 0.25) is 0 Å². The standard InChI is InChI=1S/C59H114O17P2/c1-7-9-11-13-15-16-17-18-19-23-31-37-43-58(63)75-54(48-70-57(62)42-36-30-24-20-22-27-33-39-51(3)4)49-73-77(65,66)71-45-53(60)46-72-78(67,68)74-50-55(47-69-56(61)41-35-29-21-14-12-10-8-2)76-59(64)44-38-32-26-25-28-34-40-52(5)6/h51-55,60H,7-50H2,1-6H3,(H,65,66)(H,67,68)/t53-,54-,55-/m1/s1. The SMILES string of the molecule is CCCCCCCCCCCCCCC(=O)O[C@H](COC(=O)CCCCCCCCCC(C)C)COP(=O)(O)OC[C@@H](O)COP(=O)(O)OC[C@@H](COC(=O)CCCCCCCCC)OC(=O)CCCCCCCCC(C)C. The van der Waals surface area contributed by atoms with E-state index in [9.17, 15) is 43.2 Å². The molecular weight excluding hydrogens is 1040 g/mol. The highest BCUT2D eigenvalue weighted by molar-refractivity contribution is 7.47. The lowest BCUT2D eigenvalue weighted by Crippen LogP contribution is -2.30. The van der Waals surface area contributed by atoms with Gasteiger partial charge in [-0.25, -0.2) is 9.13 Å². The molecule has 0 saturated heterocycles. The van der Waals surface area contributed by atoms with Crippen molar-refractivity contribution >= 4 is 39.5 Å². The van der Waals surface area contributed by atoms with Crippen molar-refractivity contribution in [2.75, 3.05) is 39.6 Å². The Morgan fingerprint density at radius 3 is 0.872 bits per heavy atom. The van der Waals surface area contributed by atoms with Crippen molar-refractivity contribution in [2.24, 2.45) is 11.8 Å². The summed E-state index contributed by atoms with van der Waals surface area (Å²) in [5.41, 5.74) is 0. The van der Waals surface area contributed by atoms with Gasteiger partial charge >= 0.3 is 39.5 Å². The van der Waals surface area contributed by atoms with Crippen LogP contribution in [0.15, 0.2) is 0 Å². The Hall–Kier alpha value is -1.94. The first-order valence-electron chi connectivity index (χ1n) is 31.0. The van der Waals surface area contributed by atoms with Crippen LogP contribution in [0.5, 0.6) is 0 Å². The highest BCUT2D eigenvalue weighted by Crippen LogP contribution is 2.45. The molecule has 0 amide bonds. The highest BCUT2D eigenvalue weighted by Gasteiger charge is 2.30. The maximum Gasteiger partial charge on any atom is 0.472 e. The number of phosphoric acid groups is 2. The van der Waals surface area contributed by atoms with Gasteiger partial charge in [0, 0.05) is 25.7 Å². The first-order chi connectivity index (χ1) is 37.4. The Labute approximate surface area is 473 Å². The smallest absolute Gasteiger partial charge is 0.462 e. The molecule has 0 bridgehead atoms. The maximum atomic E-state index is 12.9. The second kappa shape index (κ2) is 51.9. The topological polar surface area (TPSA) is 237 Å². The number of carbonyl (C=O) groups is 4. The fourth-order valence-electron chi connectivity index (χ4n) is 8.65. The molecule has 0 heterocycles. The van der Waals surface area contributed by atoms with Gasteiger partial charge in [0.05, 0.1) is 26.4 Å². The van der Waals surface area contributed by atoms with Crippen LogP contribution in [0.4, 0.5) is 0 Å². The largest absolute Gasteiger partial charge is 0.472 e. The number of phosphoric ester groups is 2. The number of hydrogen-bond acceptors (Lipinski definition) is 15. The second-order valence-corrected chi connectivity index (χ2v) is 25.2. The van der Waals surface area contributed by atoms with Gasteiger partial charge < -0.3 is 33.8 Å². The molecule has 19 heteroatoms. The fraction of sp³-hybridized carbons (Fsp3) is 0.932. The zero-order valence-corrected chi connectivity index (χ0v) is 51.7. The molecule has 17 nitrogen and oxygen atoms in total. The van der Waals surface area contributed by atoms with Crippen LogP contribution in [-0.4, -0.2) is 96.7 Å². The van der Waals surface area contributed by atoms with E-state index in [0.717, 1.165) is 109 Å². The summed E-state index contributed by atoms with van der Waals surface area (Å²) < 4.78 is 67.6. The lowest BCUT2D eigenvalue weighted by Gasteiger charge is -2.21. The molecule has 0 aromatic rings. The normalized spacial score (nSPS) is 14.4. The van der Waals surface area contributed by atoms with Crippen LogP contribution in [0.3, 0.4) is 0 Å². The molecule has 0 spiro atoms. The van der Waals surface area contributed by atoms with Crippen molar-refractivity contribution in [3.8, 4) is 0 Å². The predicted molar refractivity (Wildman–Crippen MR) is 308 cm³/mol. The van der Waals surface area contributed by atoms with Crippen molar-refractivity contribution in [1.82, 2.24) is 0 Å². The van der Waals surface area contributed by atoms with Gasteiger partial charge in [-0.15, -0.1) is 0 Å². The van der Waals surface area contributed by atoms with Gasteiger partial charge in [0.25, 0.3) is 0 Å². The number of aliphatic hydroxyl groups is 1. The van der Waals surface area contributed by atoms with Crippen LogP contribution in [0.1, 0.15) is 286 Å². The Morgan fingerprint density at radius 1 is 0.346 bits per heavy atom. The van der Waals surface area contributed by atoms with E-state index in [4.69, 9.17) is 37.0 Å². The number of ether oxygens (including phenoxy) is 4. The first-order valence-corrected chi connectivity index (χ1v) is 34.0. The lowest BCUT2D eigenvalue weighted by atomic mass is 10.0. The predicted octanol–water partition coefficient (Wildman–Crippen LogP) is 15.7. The van der Waals surface area contributed by atoms with Crippen LogP contribution in [-0.2, 0) is 65.4 Å². The molecule has 0 fully saturated rings. The number of hydrogen-bond donors (Lipinski definition) is 3. The minimum atomic E-state index is -4.94. The molecule has 3 N–H and O–H groups in total. The molecule has 0 rings (SSSR count). The zero-order valence-electron chi connectivity index (χ0n) is 50.0. The molecule has 0 aliphatic carbocycles. The highest BCUT2D eigenvalue weighted by atomic mass is 31.2. The van der Waals surface area contributed by atoms with E-state index in [1.54, 1.807) is 0 Å². The Morgan fingerprint density at radius 2 is 0.590 bits per heavy atom. The number of esters is 4. The number of aliphatic hydroxyl groups excluding tert-OH is 1. The molecule has 0 radical (unpaired) electrons. The second-order valence-electron chi connectivity index (χ2n) is 22.3. The summed E-state index contributed by atoms with van der Waals surface area (Å²) in [7, 11) is -9.87. The van der Waals surface area contributed by atoms with Crippen molar-refractivity contribution in [2.45, 2.75) is 304 Å². The summed E-state index contributed by atoms with van der Waals surface area (Å²) in [5, 5.41) is 10.5. The molecule has 0 aromatic carbocycles. The summed E-state index contributed by atoms with van der Waals surface area (Å²) in [6.07, 6.45) is 32.4. The van der Waals surface area contributed by atoms with Gasteiger partial charge in [-0.1, -0.05) is 234 Å². The fourth-order valence-corrected chi connectivity index (χ4v) is 10.2. The minimum absolute atomic E-state index is 0.101. The summed E-state index contributed by atoms with van der Waals surface area (Å²) in [6, 6.07) is 0. The Bertz CT molecular complexity index is 1550. The van der Waals surface area contributed by atoms with E-state index in [-0.39, 0.29) is 25.7 Å². The number of unbranched alkanes of at least 4 members (excludes halogenated alkanes) is 28. The van der Waals surface area contributed by atoms with Gasteiger partial charge in [0.2, 0.25) is 0 Å². The van der Waals surface area contributed by atoms with Crippen molar-refractivity contribution in [3.63, 3.8) is 0 Å². The maximum absolute atomic E-state index is 12.9. The van der Waals surface area contributed by atoms with Gasteiger partial charge in [0.1, 0.15) is 19.3 Å². The summed E-state index contributed by atoms with van der Waals surface area (Å²) in [4.78, 5) is 71.8. The van der Waals surface area contributed by atoms with Gasteiger partial charge in [-0.05, 0) is 37.5 Å². The minimum Gasteiger partial charge on any atom is -0.462 e. The molecule has 462 valence electrons. The third-order valence-corrected chi connectivity index (χ3v) is 15.4. The first kappa shape index (κ1) is 76.1. The third-order valence-electron chi connectivity index (χ3n) is 13.5. The van der Waals surface area contributed by atoms with Crippen molar-refractivity contribution in [3.05, 3.63) is 0 Å². The third kappa shape index (κ3) is 53.4. The van der Waals surface area contributed by atoms with E-state index in [2.05, 4.69) is 41.5 Å². The van der Waals surface area contributed by atoms with E-state index >= 15 is 0 Å². The van der Waals surface area contributed by atoms with Crippen molar-refractivity contribution in [1.29, 1.82) is 0 Å². The molecule has 0 aliphatic heterocycles. The van der Waals surface area contributed by atoms with Crippen LogP contribution >= 0.6 is 15.6 Å². The Kier molecular flexibility index (Phi) is 50.6. The van der Waals surface area contributed by atoms with E-state index in [1.807, 2.05) is 0 Å². The number of carbonyl (C=O) groups excluding carboxylic acids is 4. The molecule has 5 atom stereocenters. The summed E-state index contributed by atoms with van der Waals surface area (Å²) in [5.74, 6) is -0.774. The summed E-state index contributed by atoms with van der Waals surface area (Å²) in [6.45, 7) is 9.26. The van der Waals surface area contributed by atoms with Crippen LogP contribution in [0, 0.1) is 11.8 Å². The van der Waals surface area contributed by atoms with E-state index < -0.39 is 97.5 Å². The van der Waals surface area contributed by atoms with E-state index in [1.165, 1.54) is 83.5 Å². The van der Waals surface area contributed by atoms with Crippen molar-refractivity contribution < 1.29 is 80.2 Å². The van der Waals surface area contributed by atoms with Crippen LogP contribution in [0.25, 0.3) is 0 Å². The molecular formula is C59H114O17P2. The zero-order chi connectivity index (χ0) is 58.0. The molecule has 0 aliphatic rings. The van der Waals surface area contributed by atoms with Gasteiger partial charge in [-0.2, -0.15) is 0 Å².